The fraction of sp³-hybridized carbons (Fsp3) is 0.333. The van der Waals surface area contributed by atoms with Gasteiger partial charge >= 0.3 is 5.97 Å². The monoisotopic (exact) mass is 418 g/mol. The third-order valence-electron chi connectivity index (χ3n) is 4.21. The molecule has 8 heteroatoms. The van der Waals surface area contributed by atoms with Crippen LogP contribution in [0.1, 0.15) is 41.8 Å². The highest BCUT2D eigenvalue weighted by Gasteiger charge is 2.21. The van der Waals surface area contributed by atoms with E-state index in [9.17, 15) is 18.0 Å². The predicted octanol–water partition coefficient (Wildman–Crippen LogP) is 3.18. The molecule has 1 amide bonds. The van der Waals surface area contributed by atoms with Gasteiger partial charge in [0.15, 0.2) is 6.10 Å². The van der Waals surface area contributed by atoms with Crippen LogP contribution in [0.15, 0.2) is 47.4 Å². The summed E-state index contributed by atoms with van der Waals surface area (Å²) in [4.78, 5) is 24.7. The van der Waals surface area contributed by atoms with E-state index >= 15 is 0 Å². The maximum Gasteiger partial charge on any atom is 0.338 e. The number of benzene rings is 2. The van der Waals surface area contributed by atoms with Crippen molar-refractivity contribution in [3.63, 3.8) is 0 Å². The van der Waals surface area contributed by atoms with Crippen molar-refractivity contribution >= 4 is 27.6 Å². The van der Waals surface area contributed by atoms with Crippen molar-refractivity contribution in [2.45, 2.75) is 45.1 Å². The normalized spacial score (nSPS) is 12.3. The van der Waals surface area contributed by atoms with Crippen LogP contribution in [0, 0.1) is 13.8 Å². The average Bonchev–Trinajstić information content (AvgIpc) is 2.68. The molecule has 0 heterocycles. The third kappa shape index (κ3) is 6.13. The minimum atomic E-state index is -3.71. The first-order valence-corrected chi connectivity index (χ1v) is 10.8. The second-order valence-electron chi connectivity index (χ2n) is 6.78. The first kappa shape index (κ1) is 22.6. The maximum atomic E-state index is 12.4. The first-order chi connectivity index (χ1) is 13.6. The van der Waals surface area contributed by atoms with Crippen molar-refractivity contribution in [2.24, 2.45) is 0 Å². The van der Waals surface area contributed by atoms with Gasteiger partial charge in [0.1, 0.15) is 0 Å². The second kappa shape index (κ2) is 9.67. The van der Waals surface area contributed by atoms with Gasteiger partial charge in [-0.25, -0.2) is 17.9 Å². The third-order valence-corrected chi connectivity index (χ3v) is 5.67. The van der Waals surface area contributed by atoms with Crippen LogP contribution in [0.25, 0.3) is 0 Å². The molecule has 0 aliphatic rings. The van der Waals surface area contributed by atoms with E-state index in [0.717, 1.165) is 11.1 Å². The summed E-state index contributed by atoms with van der Waals surface area (Å²) < 4.78 is 32.1. The molecule has 2 aromatic rings. The molecule has 0 unspecified atom stereocenters. The number of carbonyl (C=O) groups is 2. The van der Waals surface area contributed by atoms with E-state index in [0.29, 0.717) is 18.7 Å². The number of esters is 1. The number of sulfonamides is 1. The second-order valence-corrected chi connectivity index (χ2v) is 8.55. The Balaban J connectivity index is 2.07. The summed E-state index contributed by atoms with van der Waals surface area (Å²) in [6.07, 6.45) is -0.407. The van der Waals surface area contributed by atoms with E-state index in [-0.39, 0.29) is 10.5 Å². The molecule has 0 aromatic heterocycles. The van der Waals surface area contributed by atoms with Gasteiger partial charge in [0.05, 0.1) is 10.5 Å². The summed E-state index contributed by atoms with van der Waals surface area (Å²) in [5.74, 6) is -1.25. The Labute approximate surface area is 171 Å². The van der Waals surface area contributed by atoms with Crippen molar-refractivity contribution < 1.29 is 22.7 Å². The van der Waals surface area contributed by atoms with Gasteiger partial charge in [-0.3, -0.25) is 4.79 Å². The quantitative estimate of drug-likeness (QED) is 0.641. The van der Waals surface area contributed by atoms with E-state index < -0.39 is 28.0 Å². The van der Waals surface area contributed by atoms with Crippen molar-refractivity contribution in [3.05, 3.63) is 59.2 Å². The van der Waals surface area contributed by atoms with Gasteiger partial charge < -0.3 is 10.1 Å². The van der Waals surface area contributed by atoms with Gasteiger partial charge in [-0.05, 0) is 57.0 Å². The lowest BCUT2D eigenvalue weighted by Gasteiger charge is -2.15. The smallest absolute Gasteiger partial charge is 0.338 e. The zero-order valence-corrected chi connectivity index (χ0v) is 17.8. The topological polar surface area (TPSA) is 102 Å². The van der Waals surface area contributed by atoms with Crippen LogP contribution in [0.2, 0.25) is 0 Å². The molecule has 0 saturated heterocycles. The minimum absolute atomic E-state index is 0.0345. The molecule has 2 N–H and O–H groups in total. The molecule has 0 radical (unpaired) electrons. The van der Waals surface area contributed by atoms with Gasteiger partial charge in [0, 0.05) is 12.2 Å². The molecule has 2 aromatic carbocycles. The largest absolute Gasteiger partial charge is 0.449 e. The minimum Gasteiger partial charge on any atom is -0.449 e. The Morgan fingerprint density at radius 1 is 1.10 bits per heavy atom. The van der Waals surface area contributed by atoms with Crippen LogP contribution in [-0.2, 0) is 19.6 Å². The van der Waals surface area contributed by atoms with Crippen molar-refractivity contribution in [1.82, 2.24) is 4.72 Å². The van der Waals surface area contributed by atoms with E-state index in [4.69, 9.17) is 4.74 Å². The van der Waals surface area contributed by atoms with Gasteiger partial charge in [-0.2, -0.15) is 0 Å². The molecule has 0 bridgehead atoms. The molecular formula is C21H26N2O5S. The molecule has 0 aliphatic heterocycles. The van der Waals surface area contributed by atoms with Crippen molar-refractivity contribution in [3.8, 4) is 0 Å². The van der Waals surface area contributed by atoms with Gasteiger partial charge in [-0.15, -0.1) is 0 Å². The molecule has 7 nitrogen and oxygen atoms in total. The van der Waals surface area contributed by atoms with Gasteiger partial charge in [0.25, 0.3) is 5.91 Å². The number of nitrogens with one attached hydrogen (secondary N) is 2. The molecule has 29 heavy (non-hydrogen) atoms. The Morgan fingerprint density at radius 3 is 2.48 bits per heavy atom. The summed E-state index contributed by atoms with van der Waals surface area (Å²) in [6, 6.07) is 11.1. The van der Waals surface area contributed by atoms with Crippen LogP contribution in [0.5, 0.6) is 0 Å². The summed E-state index contributed by atoms with van der Waals surface area (Å²) in [5, 5.41) is 2.73. The molecule has 0 spiro atoms. The molecule has 156 valence electrons. The Morgan fingerprint density at radius 2 is 1.83 bits per heavy atom. The molecular weight excluding hydrogens is 392 g/mol. The van der Waals surface area contributed by atoms with Crippen LogP contribution in [0.3, 0.4) is 0 Å². The summed E-state index contributed by atoms with van der Waals surface area (Å²) in [7, 11) is -3.71. The fourth-order valence-electron chi connectivity index (χ4n) is 2.58. The average molecular weight is 419 g/mol. The number of anilines is 1. The highest BCUT2D eigenvalue weighted by atomic mass is 32.2. The number of carbonyl (C=O) groups excluding carboxylic acids is 2. The van der Waals surface area contributed by atoms with E-state index in [1.165, 1.54) is 31.2 Å². The molecule has 0 aliphatic carbocycles. The highest BCUT2D eigenvalue weighted by Crippen LogP contribution is 2.17. The highest BCUT2D eigenvalue weighted by molar-refractivity contribution is 7.89. The number of hydrogen-bond donors (Lipinski definition) is 2. The van der Waals surface area contributed by atoms with Crippen LogP contribution < -0.4 is 10.0 Å². The maximum absolute atomic E-state index is 12.4. The zero-order chi connectivity index (χ0) is 21.6. The zero-order valence-electron chi connectivity index (χ0n) is 17.0. The van der Waals surface area contributed by atoms with Crippen molar-refractivity contribution in [2.75, 3.05) is 11.9 Å². The van der Waals surface area contributed by atoms with Crippen LogP contribution >= 0.6 is 0 Å². The summed E-state index contributed by atoms with van der Waals surface area (Å²) >= 11 is 0. The number of amides is 1. The molecule has 1 atom stereocenters. The first-order valence-electron chi connectivity index (χ1n) is 9.33. The van der Waals surface area contributed by atoms with Gasteiger partial charge in [0.2, 0.25) is 10.0 Å². The standard InChI is InChI=1S/C21H26N2O5S/c1-5-11-22-29(26,27)18-8-6-7-17(13-18)21(25)28-16(4)20(24)23-19-10-9-14(2)12-15(19)3/h6-10,12-13,16,22H,5,11H2,1-4H3,(H,23,24)/t16-/m0/s1. The lowest BCUT2D eigenvalue weighted by atomic mass is 10.1. The van der Waals surface area contributed by atoms with Crippen molar-refractivity contribution in [1.29, 1.82) is 0 Å². The molecule has 2 rings (SSSR count). The van der Waals surface area contributed by atoms with Crippen LogP contribution in [0.4, 0.5) is 5.69 Å². The summed E-state index contributed by atoms with van der Waals surface area (Å²) in [6.45, 7) is 7.43. The SMILES string of the molecule is CCCNS(=O)(=O)c1cccc(C(=O)O[C@@H](C)C(=O)Nc2ccc(C)cc2C)c1. The van der Waals surface area contributed by atoms with Crippen LogP contribution in [-0.4, -0.2) is 32.9 Å². The number of ether oxygens (including phenoxy) is 1. The fourth-order valence-corrected chi connectivity index (χ4v) is 3.76. The van der Waals surface area contributed by atoms with Gasteiger partial charge in [-0.1, -0.05) is 30.7 Å². The van der Waals surface area contributed by atoms with E-state index in [1.807, 2.05) is 32.9 Å². The molecule has 0 fully saturated rings. The summed E-state index contributed by atoms with van der Waals surface area (Å²) in [5.41, 5.74) is 2.66. The Bertz CT molecular complexity index is 1000. The number of aryl methyl sites for hydroxylation is 2. The van der Waals surface area contributed by atoms with E-state index in [1.54, 1.807) is 6.07 Å². The predicted molar refractivity (Wildman–Crippen MR) is 111 cm³/mol. The number of hydrogen-bond acceptors (Lipinski definition) is 5. The number of rotatable bonds is 8. The Hall–Kier alpha value is -2.71. The lowest BCUT2D eigenvalue weighted by molar-refractivity contribution is -0.123. The van der Waals surface area contributed by atoms with E-state index in [2.05, 4.69) is 10.0 Å². The molecule has 0 saturated carbocycles. The Kier molecular flexibility index (Phi) is 7.53. The lowest BCUT2D eigenvalue weighted by Crippen LogP contribution is -2.30.